The summed E-state index contributed by atoms with van der Waals surface area (Å²) >= 11 is 6.09. The molecule has 0 radical (unpaired) electrons. The Morgan fingerprint density at radius 2 is 2.10 bits per heavy atom. The predicted octanol–water partition coefficient (Wildman–Crippen LogP) is 2.39. The number of nitrogens with two attached hydrogens (primary N) is 2. The van der Waals surface area contributed by atoms with Crippen LogP contribution < -0.4 is 16.8 Å². The van der Waals surface area contributed by atoms with Gasteiger partial charge in [0.05, 0.1) is 29.0 Å². The Morgan fingerprint density at radius 1 is 1.40 bits per heavy atom. The van der Waals surface area contributed by atoms with E-state index in [9.17, 15) is 4.79 Å². The van der Waals surface area contributed by atoms with Gasteiger partial charge in [-0.1, -0.05) is 24.4 Å². The number of hydrogen-bond donors (Lipinski definition) is 3. The van der Waals surface area contributed by atoms with Gasteiger partial charge in [-0.25, -0.2) is 0 Å². The van der Waals surface area contributed by atoms with E-state index in [2.05, 4.69) is 5.32 Å². The molecule has 5 N–H and O–H groups in total. The maximum atomic E-state index is 11.4. The van der Waals surface area contributed by atoms with Gasteiger partial charge < -0.3 is 21.5 Å². The van der Waals surface area contributed by atoms with Crippen molar-refractivity contribution in [3.05, 3.63) is 22.7 Å². The highest BCUT2D eigenvalue weighted by Crippen LogP contribution is 2.29. The molecule has 20 heavy (non-hydrogen) atoms. The van der Waals surface area contributed by atoms with Crippen LogP contribution >= 0.6 is 11.6 Å². The Hall–Kier alpha value is -1.46. The molecule has 0 saturated heterocycles. The summed E-state index contributed by atoms with van der Waals surface area (Å²) < 4.78 is 5.74. The van der Waals surface area contributed by atoms with Gasteiger partial charge in [0, 0.05) is 12.2 Å². The van der Waals surface area contributed by atoms with Gasteiger partial charge in [0.2, 0.25) is 0 Å². The molecule has 1 amide bonds. The average Bonchev–Trinajstić information content (AvgIpc) is 2.88. The van der Waals surface area contributed by atoms with E-state index >= 15 is 0 Å². The summed E-state index contributed by atoms with van der Waals surface area (Å²) in [4.78, 5) is 11.4. The number of carbonyl (C=O) groups excluding carboxylic acids is 1. The van der Waals surface area contributed by atoms with E-state index in [1.165, 1.54) is 18.9 Å². The number of amides is 1. The number of anilines is 2. The van der Waals surface area contributed by atoms with E-state index in [0.29, 0.717) is 41.2 Å². The number of primary amides is 1. The highest BCUT2D eigenvalue weighted by atomic mass is 35.5. The minimum Gasteiger partial charge on any atom is -0.399 e. The second-order valence-electron chi connectivity index (χ2n) is 4.99. The third-order valence-electron chi connectivity index (χ3n) is 3.44. The summed E-state index contributed by atoms with van der Waals surface area (Å²) in [7, 11) is 0. The Bertz CT molecular complexity index is 488. The lowest BCUT2D eigenvalue weighted by atomic mass is 10.1. The van der Waals surface area contributed by atoms with Gasteiger partial charge in [0.1, 0.15) is 0 Å². The molecule has 1 aliphatic carbocycles. The molecule has 110 valence electrons. The van der Waals surface area contributed by atoms with Crippen molar-refractivity contribution < 1.29 is 9.53 Å². The first-order valence-corrected chi connectivity index (χ1v) is 7.20. The number of hydrogen-bond acceptors (Lipinski definition) is 4. The Morgan fingerprint density at radius 3 is 2.75 bits per heavy atom. The molecule has 0 aliphatic heterocycles. The van der Waals surface area contributed by atoms with E-state index in [0.717, 1.165) is 12.8 Å². The fourth-order valence-corrected chi connectivity index (χ4v) is 2.75. The SMILES string of the molecule is NC(=O)c1cc(N)cc(Cl)c1NCCOC1CCCC1. The van der Waals surface area contributed by atoms with Crippen LogP contribution in [0.15, 0.2) is 12.1 Å². The summed E-state index contributed by atoms with van der Waals surface area (Å²) in [6, 6.07) is 3.11. The molecule has 0 aromatic heterocycles. The maximum Gasteiger partial charge on any atom is 0.250 e. The second kappa shape index (κ2) is 6.81. The van der Waals surface area contributed by atoms with Gasteiger partial charge in [-0.15, -0.1) is 0 Å². The highest BCUT2D eigenvalue weighted by molar-refractivity contribution is 6.34. The van der Waals surface area contributed by atoms with E-state index in [4.69, 9.17) is 27.8 Å². The summed E-state index contributed by atoms with van der Waals surface area (Å²) in [6.07, 6.45) is 5.13. The minimum atomic E-state index is -0.557. The lowest BCUT2D eigenvalue weighted by molar-refractivity contribution is 0.0659. The third kappa shape index (κ3) is 3.77. The lowest BCUT2D eigenvalue weighted by Gasteiger charge is -2.15. The zero-order chi connectivity index (χ0) is 14.5. The van der Waals surface area contributed by atoms with Crippen LogP contribution in [0.25, 0.3) is 0 Å². The van der Waals surface area contributed by atoms with Crippen molar-refractivity contribution in [1.82, 2.24) is 0 Å². The molecule has 1 fully saturated rings. The molecule has 6 heteroatoms. The topological polar surface area (TPSA) is 90.4 Å². The van der Waals surface area contributed by atoms with Crippen molar-refractivity contribution in [2.24, 2.45) is 5.73 Å². The molecule has 0 atom stereocenters. The van der Waals surface area contributed by atoms with Crippen molar-refractivity contribution in [3.8, 4) is 0 Å². The number of ether oxygens (including phenoxy) is 1. The molecule has 1 aliphatic rings. The largest absolute Gasteiger partial charge is 0.399 e. The molecule has 0 heterocycles. The zero-order valence-corrected chi connectivity index (χ0v) is 12.1. The molecule has 1 saturated carbocycles. The van der Waals surface area contributed by atoms with Crippen LogP contribution in [0, 0.1) is 0 Å². The fraction of sp³-hybridized carbons (Fsp3) is 0.500. The predicted molar refractivity (Wildman–Crippen MR) is 81.1 cm³/mol. The quantitative estimate of drug-likeness (QED) is 0.555. The number of carbonyl (C=O) groups is 1. The highest BCUT2D eigenvalue weighted by Gasteiger charge is 2.16. The Balaban J connectivity index is 1.92. The molecule has 5 nitrogen and oxygen atoms in total. The van der Waals surface area contributed by atoms with Gasteiger partial charge in [-0.05, 0) is 25.0 Å². The van der Waals surface area contributed by atoms with Crippen molar-refractivity contribution in [2.45, 2.75) is 31.8 Å². The van der Waals surface area contributed by atoms with E-state index < -0.39 is 5.91 Å². The summed E-state index contributed by atoms with van der Waals surface area (Å²) in [5.74, 6) is -0.557. The molecule has 0 bridgehead atoms. The van der Waals surface area contributed by atoms with Crippen molar-refractivity contribution in [1.29, 1.82) is 0 Å². The van der Waals surface area contributed by atoms with Crippen LogP contribution in [0.1, 0.15) is 36.0 Å². The minimum absolute atomic E-state index is 0.302. The first kappa shape index (κ1) is 14.9. The number of nitrogen functional groups attached to an aromatic ring is 1. The van der Waals surface area contributed by atoms with Crippen LogP contribution in [-0.2, 0) is 4.74 Å². The van der Waals surface area contributed by atoms with E-state index in [-0.39, 0.29) is 0 Å². The van der Waals surface area contributed by atoms with Gasteiger partial charge in [-0.3, -0.25) is 4.79 Å². The first-order valence-electron chi connectivity index (χ1n) is 6.82. The maximum absolute atomic E-state index is 11.4. The van der Waals surface area contributed by atoms with Gasteiger partial charge in [0.15, 0.2) is 0 Å². The summed E-state index contributed by atoms with van der Waals surface area (Å²) in [6.45, 7) is 1.14. The van der Waals surface area contributed by atoms with Gasteiger partial charge >= 0.3 is 0 Å². The molecular formula is C14H20ClN3O2. The summed E-state index contributed by atoms with van der Waals surface area (Å²) in [5, 5.41) is 3.49. The van der Waals surface area contributed by atoms with Crippen LogP contribution in [-0.4, -0.2) is 25.2 Å². The number of rotatable bonds is 6. The standard InChI is InChI=1S/C14H20ClN3O2/c15-12-8-9(16)7-11(14(17)19)13(12)18-5-6-20-10-3-1-2-4-10/h7-8,10,18H,1-6,16H2,(H2,17,19). The smallest absolute Gasteiger partial charge is 0.250 e. The average molecular weight is 298 g/mol. The molecule has 1 aromatic carbocycles. The van der Waals surface area contributed by atoms with E-state index in [1.54, 1.807) is 6.07 Å². The van der Waals surface area contributed by atoms with Crippen LogP contribution in [0.2, 0.25) is 5.02 Å². The number of halogens is 1. The fourth-order valence-electron chi connectivity index (χ4n) is 2.46. The molecule has 0 spiro atoms. The van der Waals surface area contributed by atoms with Gasteiger partial charge in [0.25, 0.3) is 5.91 Å². The lowest BCUT2D eigenvalue weighted by Crippen LogP contribution is -2.19. The van der Waals surface area contributed by atoms with Crippen LogP contribution in [0.4, 0.5) is 11.4 Å². The van der Waals surface area contributed by atoms with Crippen molar-refractivity contribution in [2.75, 3.05) is 24.2 Å². The molecule has 2 rings (SSSR count). The molecule has 0 unspecified atom stereocenters. The number of benzene rings is 1. The van der Waals surface area contributed by atoms with Crippen LogP contribution in [0.3, 0.4) is 0 Å². The monoisotopic (exact) mass is 297 g/mol. The third-order valence-corrected chi connectivity index (χ3v) is 3.74. The summed E-state index contributed by atoms with van der Waals surface area (Å²) in [5.41, 5.74) is 12.2. The van der Waals surface area contributed by atoms with E-state index in [1.807, 2.05) is 0 Å². The van der Waals surface area contributed by atoms with Crippen molar-refractivity contribution in [3.63, 3.8) is 0 Å². The molecular weight excluding hydrogens is 278 g/mol. The Labute approximate surface area is 123 Å². The Kier molecular flexibility index (Phi) is 5.09. The van der Waals surface area contributed by atoms with Gasteiger partial charge in [-0.2, -0.15) is 0 Å². The molecule has 1 aromatic rings. The second-order valence-corrected chi connectivity index (χ2v) is 5.40. The number of nitrogens with one attached hydrogen (secondary N) is 1. The normalized spacial score (nSPS) is 15.4. The van der Waals surface area contributed by atoms with Crippen molar-refractivity contribution >= 4 is 28.9 Å². The zero-order valence-electron chi connectivity index (χ0n) is 11.3. The first-order chi connectivity index (χ1) is 9.58. The van der Waals surface area contributed by atoms with Crippen LogP contribution in [0.5, 0.6) is 0 Å².